The topological polar surface area (TPSA) is 38.9 Å². The molecule has 9 aromatic rings. The monoisotopic (exact) mass is 580 g/mol. The molecule has 0 fully saturated rings. The van der Waals surface area contributed by atoms with E-state index in [1.54, 1.807) is 0 Å². The minimum Gasteiger partial charge on any atom is -0.456 e. The Morgan fingerprint density at radius 1 is 0.432 bits per heavy atom. The molecule has 3 nitrogen and oxygen atoms in total. The van der Waals surface area contributed by atoms with Gasteiger partial charge in [-0.05, 0) is 47.5 Å². The van der Waals surface area contributed by atoms with Crippen LogP contribution in [0.1, 0.15) is 0 Å². The van der Waals surface area contributed by atoms with Crippen molar-refractivity contribution in [2.75, 3.05) is 0 Å². The summed E-state index contributed by atoms with van der Waals surface area (Å²) in [6.07, 6.45) is 0. The molecule has 0 aliphatic carbocycles. The Morgan fingerprint density at radius 2 is 1.09 bits per heavy atom. The third-order valence-corrected chi connectivity index (χ3v) is 9.45. The Bertz CT molecular complexity index is 2440. The maximum absolute atomic E-state index is 6.42. The molecule has 9 rings (SSSR count). The zero-order valence-corrected chi connectivity index (χ0v) is 24.4. The fourth-order valence-corrected chi connectivity index (χ4v) is 7.41. The van der Waals surface area contributed by atoms with E-state index in [1.807, 2.05) is 59.9 Å². The van der Waals surface area contributed by atoms with Crippen molar-refractivity contribution in [3.05, 3.63) is 146 Å². The van der Waals surface area contributed by atoms with Gasteiger partial charge in [0.05, 0.1) is 11.4 Å². The predicted molar refractivity (Wildman–Crippen MR) is 184 cm³/mol. The normalized spacial score (nSPS) is 11.6. The van der Waals surface area contributed by atoms with Gasteiger partial charge in [0.1, 0.15) is 11.2 Å². The van der Waals surface area contributed by atoms with E-state index in [9.17, 15) is 0 Å². The molecular formula is C40H24N2OS. The summed E-state index contributed by atoms with van der Waals surface area (Å²) >= 11 is 1.84. The van der Waals surface area contributed by atoms with Gasteiger partial charge in [0.2, 0.25) is 0 Å². The summed E-state index contributed by atoms with van der Waals surface area (Å²) in [5, 5.41) is 4.67. The largest absolute Gasteiger partial charge is 0.456 e. The van der Waals surface area contributed by atoms with E-state index in [4.69, 9.17) is 14.4 Å². The molecule has 0 N–H and O–H groups in total. The minimum absolute atomic E-state index is 0.676. The van der Waals surface area contributed by atoms with E-state index < -0.39 is 0 Å². The zero-order valence-electron chi connectivity index (χ0n) is 23.6. The fourth-order valence-electron chi connectivity index (χ4n) is 6.28. The molecule has 0 unspecified atom stereocenters. The Labute approximate surface area is 257 Å². The standard InChI is InChI=1S/C40H24N2OS/c1-3-11-25(12-4-1)32-24-33(26-13-5-2-6-14-26)42-40(41-32)30-17-9-18-35-38(30)31-23-27(21-22-34(31)43-35)28-16-10-20-37-39(28)29-15-7-8-19-36(29)44-37/h1-24H. The van der Waals surface area contributed by atoms with Crippen LogP contribution in [0.2, 0.25) is 0 Å². The Morgan fingerprint density at radius 3 is 1.86 bits per heavy atom. The highest BCUT2D eigenvalue weighted by atomic mass is 32.1. The Balaban J connectivity index is 1.29. The summed E-state index contributed by atoms with van der Waals surface area (Å²) in [5.74, 6) is 0.676. The van der Waals surface area contributed by atoms with Crippen LogP contribution in [0.25, 0.3) is 87.1 Å². The maximum atomic E-state index is 6.42. The second kappa shape index (κ2) is 10.0. The smallest absolute Gasteiger partial charge is 0.161 e. The van der Waals surface area contributed by atoms with Crippen LogP contribution in [-0.4, -0.2) is 9.97 Å². The van der Waals surface area contributed by atoms with Crippen LogP contribution in [0.15, 0.2) is 150 Å². The summed E-state index contributed by atoms with van der Waals surface area (Å²) in [4.78, 5) is 10.3. The molecule has 0 aliphatic heterocycles. The third kappa shape index (κ3) is 4.03. The van der Waals surface area contributed by atoms with Crippen LogP contribution in [-0.2, 0) is 0 Å². The van der Waals surface area contributed by atoms with Gasteiger partial charge in [0, 0.05) is 47.6 Å². The Kier molecular flexibility index (Phi) is 5.68. The molecule has 44 heavy (non-hydrogen) atoms. The molecular weight excluding hydrogens is 557 g/mol. The molecule has 0 aliphatic rings. The van der Waals surface area contributed by atoms with Crippen molar-refractivity contribution in [3.8, 4) is 45.0 Å². The second-order valence-corrected chi connectivity index (χ2v) is 12.0. The summed E-state index contributed by atoms with van der Waals surface area (Å²) in [5.41, 5.74) is 8.88. The van der Waals surface area contributed by atoms with Crippen molar-refractivity contribution in [3.63, 3.8) is 0 Å². The number of rotatable bonds is 4. The summed E-state index contributed by atoms with van der Waals surface area (Å²) in [7, 11) is 0. The van der Waals surface area contributed by atoms with E-state index in [0.717, 1.165) is 55.6 Å². The first-order valence-electron chi connectivity index (χ1n) is 14.7. The lowest BCUT2D eigenvalue weighted by Crippen LogP contribution is -1.96. The number of thiophene rings is 1. The van der Waals surface area contributed by atoms with E-state index in [-0.39, 0.29) is 0 Å². The van der Waals surface area contributed by atoms with Gasteiger partial charge in [-0.25, -0.2) is 9.97 Å². The number of hydrogen-bond acceptors (Lipinski definition) is 4. The lowest BCUT2D eigenvalue weighted by molar-refractivity contribution is 0.669. The van der Waals surface area contributed by atoms with Crippen molar-refractivity contribution in [2.24, 2.45) is 0 Å². The van der Waals surface area contributed by atoms with Gasteiger partial charge in [0.15, 0.2) is 5.82 Å². The van der Waals surface area contributed by atoms with Crippen LogP contribution in [0.3, 0.4) is 0 Å². The quantitative estimate of drug-likeness (QED) is 0.208. The first kappa shape index (κ1) is 25.0. The predicted octanol–water partition coefficient (Wildman–Crippen LogP) is 11.4. The number of furan rings is 1. The summed E-state index contributed by atoms with van der Waals surface area (Å²) in [6, 6.07) is 50.6. The number of nitrogens with zero attached hydrogens (tertiary/aromatic N) is 2. The zero-order chi connectivity index (χ0) is 29.0. The van der Waals surface area contributed by atoms with Crippen molar-refractivity contribution >= 4 is 53.4 Å². The van der Waals surface area contributed by atoms with Crippen molar-refractivity contribution in [1.29, 1.82) is 0 Å². The number of hydrogen-bond donors (Lipinski definition) is 0. The molecule has 4 heteroatoms. The van der Waals surface area contributed by atoms with Crippen LogP contribution in [0, 0.1) is 0 Å². The molecule has 3 aromatic heterocycles. The van der Waals surface area contributed by atoms with Gasteiger partial charge in [-0.2, -0.15) is 0 Å². The average Bonchev–Trinajstić information content (AvgIpc) is 3.67. The van der Waals surface area contributed by atoms with Gasteiger partial charge in [-0.15, -0.1) is 11.3 Å². The van der Waals surface area contributed by atoms with Gasteiger partial charge < -0.3 is 4.42 Å². The van der Waals surface area contributed by atoms with E-state index in [0.29, 0.717) is 5.82 Å². The molecule has 0 radical (unpaired) electrons. The highest BCUT2D eigenvalue weighted by Crippen LogP contribution is 2.43. The Hall–Kier alpha value is -5.58. The molecule has 206 valence electrons. The second-order valence-electron chi connectivity index (χ2n) is 11.0. The molecule has 0 bridgehead atoms. The van der Waals surface area contributed by atoms with Crippen LogP contribution in [0.5, 0.6) is 0 Å². The van der Waals surface area contributed by atoms with Gasteiger partial charge in [0.25, 0.3) is 0 Å². The number of benzene rings is 6. The molecule has 3 heterocycles. The third-order valence-electron chi connectivity index (χ3n) is 8.31. The van der Waals surface area contributed by atoms with Crippen molar-refractivity contribution in [2.45, 2.75) is 0 Å². The summed E-state index contributed by atoms with van der Waals surface area (Å²) in [6.45, 7) is 0. The van der Waals surface area contributed by atoms with Crippen LogP contribution < -0.4 is 0 Å². The van der Waals surface area contributed by atoms with Gasteiger partial charge in [-0.3, -0.25) is 0 Å². The van der Waals surface area contributed by atoms with Crippen molar-refractivity contribution in [1.82, 2.24) is 9.97 Å². The molecule has 0 amide bonds. The molecule has 0 spiro atoms. The van der Waals surface area contributed by atoms with Crippen LogP contribution in [0.4, 0.5) is 0 Å². The van der Waals surface area contributed by atoms with E-state index >= 15 is 0 Å². The molecule has 0 atom stereocenters. The lowest BCUT2D eigenvalue weighted by Gasteiger charge is -2.10. The highest BCUT2D eigenvalue weighted by molar-refractivity contribution is 7.25. The van der Waals surface area contributed by atoms with Crippen molar-refractivity contribution < 1.29 is 4.42 Å². The number of aromatic nitrogens is 2. The van der Waals surface area contributed by atoms with Crippen LogP contribution >= 0.6 is 11.3 Å². The minimum atomic E-state index is 0.676. The van der Waals surface area contributed by atoms with E-state index in [1.165, 1.54) is 25.7 Å². The SMILES string of the molecule is c1ccc(-c2cc(-c3ccccc3)nc(-c3cccc4oc5ccc(-c6cccc7sc8ccccc8c67)cc5c34)n2)cc1. The first-order chi connectivity index (χ1) is 21.8. The number of fused-ring (bicyclic) bond motifs is 6. The molecule has 0 saturated carbocycles. The fraction of sp³-hybridized carbons (Fsp3) is 0. The van der Waals surface area contributed by atoms with Gasteiger partial charge >= 0.3 is 0 Å². The van der Waals surface area contributed by atoms with Gasteiger partial charge in [-0.1, -0.05) is 109 Å². The summed E-state index contributed by atoms with van der Waals surface area (Å²) < 4.78 is 9.02. The highest BCUT2D eigenvalue weighted by Gasteiger charge is 2.18. The first-order valence-corrected chi connectivity index (χ1v) is 15.5. The average molecular weight is 581 g/mol. The van der Waals surface area contributed by atoms with E-state index in [2.05, 4.69) is 97.1 Å². The lowest BCUT2D eigenvalue weighted by atomic mass is 9.97. The molecule has 6 aromatic carbocycles. The molecule has 0 saturated heterocycles. The maximum Gasteiger partial charge on any atom is 0.161 e.